The Bertz CT molecular complexity index is 523. The third-order valence-electron chi connectivity index (χ3n) is 3.74. The van der Waals surface area contributed by atoms with Gasteiger partial charge < -0.3 is 15.4 Å². The number of halogens is 3. The van der Waals surface area contributed by atoms with Gasteiger partial charge in [0.25, 0.3) is 0 Å². The van der Waals surface area contributed by atoms with Gasteiger partial charge in [0.05, 0.1) is 12.8 Å². The molecule has 1 aromatic carbocycles. The van der Waals surface area contributed by atoms with Crippen LogP contribution in [0.25, 0.3) is 0 Å². The average Bonchev–Trinajstić information content (AvgIpc) is 2.45. The number of alkyl halides is 3. The van der Waals surface area contributed by atoms with E-state index in [0.29, 0.717) is 24.3 Å². The largest absolute Gasteiger partial charge is 0.494 e. The zero-order chi connectivity index (χ0) is 15.6. The van der Waals surface area contributed by atoms with Gasteiger partial charge in [-0.2, -0.15) is 13.2 Å². The Morgan fingerprint density at radius 1 is 1.33 bits per heavy atom. The molecule has 1 heterocycles. The van der Waals surface area contributed by atoms with Gasteiger partial charge in [0.1, 0.15) is 5.75 Å². The molecule has 2 N–H and O–H groups in total. The number of anilines is 1. The summed E-state index contributed by atoms with van der Waals surface area (Å²) in [4.78, 5) is 12.1. The van der Waals surface area contributed by atoms with Crippen molar-refractivity contribution in [3.05, 3.63) is 23.8 Å². The van der Waals surface area contributed by atoms with Crippen molar-refractivity contribution in [2.75, 3.05) is 25.9 Å². The van der Waals surface area contributed by atoms with Gasteiger partial charge in [-0.25, -0.2) is 0 Å². The van der Waals surface area contributed by atoms with Gasteiger partial charge in [-0.1, -0.05) is 12.1 Å². The summed E-state index contributed by atoms with van der Waals surface area (Å²) in [7, 11) is 1.51. The molecule has 7 heteroatoms. The molecule has 1 aliphatic heterocycles. The number of nitrogens with two attached hydrogens (primary N) is 1. The van der Waals surface area contributed by atoms with Crippen LogP contribution in [0.4, 0.5) is 18.9 Å². The molecule has 21 heavy (non-hydrogen) atoms. The number of amides is 1. The Kier molecular flexibility index (Phi) is 4.29. The number of piperidine rings is 1. The lowest BCUT2D eigenvalue weighted by Gasteiger charge is -2.33. The summed E-state index contributed by atoms with van der Waals surface area (Å²) >= 11 is 0. The number of likely N-dealkylation sites (tertiary alicyclic amines) is 1. The third kappa shape index (κ3) is 3.22. The first-order valence-corrected chi connectivity index (χ1v) is 6.63. The van der Waals surface area contributed by atoms with Crippen molar-refractivity contribution in [2.45, 2.75) is 24.9 Å². The number of carbonyl (C=O) groups is 1. The van der Waals surface area contributed by atoms with Gasteiger partial charge >= 0.3 is 12.1 Å². The molecule has 1 saturated heterocycles. The summed E-state index contributed by atoms with van der Waals surface area (Å²) in [5.74, 6) is -1.15. The molecule has 0 unspecified atom stereocenters. The molecule has 0 radical (unpaired) electrons. The zero-order valence-electron chi connectivity index (χ0n) is 11.6. The molecule has 4 nitrogen and oxygen atoms in total. The molecular formula is C14H17F3N2O2. The van der Waals surface area contributed by atoms with Crippen molar-refractivity contribution < 1.29 is 22.7 Å². The van der Waals surface area contributed by atoms with Crippen LogP contribution in [0, 0.1) is 0 Å². The number of rotatable bonds is 2. The first kappa shape index (κ1) is 15.5. The molecule has 0 saturated carbocycles. The molecule has 0 bridgehead atoms. The molecule has 1 aliphatic rings. The SMILES string of the molecule is COc1c(N)cccc1C1CCN(C(=O)C(F)(F)F)CC1. The lowest BCUT2D eigenvalue weighted by Crippen LogP contribution is -2.45. The van der Waals surface area contributed by atoms with Gasteiger partial charge in [-0.05, 0) is 30.4 Å². The van der Waals surface area contributed by atoms with E-state index in [4.69, 9.17) is 10.5 Å². The standard InChI is InChI=1S/C14H17F3N2O2/c1-21-12-10(3-2-4-11(12)18)9-5-7-19(8-6-9)13(20)14(15,16)17/h2-4,9H,5-8,18H2,1H3. The molecule has 0 aliphatic carbocycles. The van der Waals surface area contributed by atoms with Crippen LogP contribution in [0.1, 0.15) is 24.3 Å². The fourth-order valence-corrected chi connectivity index (χ4v) is 2.70. The summed E-state index contributed by atoms with van der Waals surface area (Å²) in [6.45, 7) is 0.169. The normalized spacial score (nSPS) is 16.9. The Morgan fingerprint density at radius 2 is 1.95 bits per heavy atom. The maximum Gasteiger partial charge on any atom is 0.471 e. The van der Waals surface area contributed by atoms with Gasteiger partial charge in [-0.15, -0.1) is 0 Å². The average molecular weight is 302 g/mol. The second-order valence-electron chi connectivity index (χ2n) is 5.03. The number of carbonyl (C=O) groups excluding carboxylic acids is 1. The fraction of sp³-hybridized carbons (Fsp3) is 0.500. The van der Waals surface area contributed by atoms with E-state index in [9.17, 15) is 18.0 Å². The third-order valence-corrected chi connectivity index (χ3v) is 3.74. The van der Waals surface area contributed by atoms with Crippen LogP contribution in [0.5, 0.6) is 5.75 Å². The molecule has 1 amide bonds. The number of ether oxygens (including phenoxy) is 1. The van der Waals surface area contributed by atoms with Crippen molar-refractivity contribution in [3.8, 4) is 5.75 Å². The van der Waals surface area contributed by atoms with Crippen molar-refractivity contribution >= 4 is 11.6 Å². The number of methoxy groups -OCH3 is 1. The van der Waals surface area contributed by atoms with E-state index in [0.717, 1.165) is 10.5 Å². The Morgan fingerprint density at radius 3 is 2.48 bits per heavy atom. The fourth-order valence-electron chi connectivity index (χ4n) is 2.70. The highest BCUT2D eigenvalue weighted by Crippen LogP contribution is 2.37. The van der Waals surface area contributed by atoms with Crippen LogP contribution in [-0.2, 0) is 4.79 Å². The molecule has 1 fully saturated rings. The van der Waals surface area contributed by atoms with E-state index in [-0.39, 0.29) is 19.0 Å². The topological polar surface area (TPSA) is 55.6 Å². The molecule has 2 rings (SSSR count). The second-order valence-corrected chi connectivity index (χ2v) is 5.03. The van der Waals surface area contributed by atoms with E-state index in [1.165, 1.54) is 7.11 Å². The molecule has 0 atom stereocenters. The predicted octanol–water partition coefficient (Wildman–Crippen LogP) is 2.55. The Balaban J connectivity index is 2.08. The van der Waals surface area contributed by atoms with Crippen molar-refractivity contribution in [3.63, 3.8) is 0 Å². The van der Waals surface area contributed by atoms with Crippen LogP contribution in [0.2, 0.25) is 0 Å². The van der Waals surface area contributed by atoms with Gasteiger partial charge in [-0.3, -0.25) is 4.79 Å². The Hall–Kier alpha value is -1.92. The number of para-hydroxylation sites is 1. The molecule has 1 aromatic rings. The zero-order valence-corrected chi connectivity index (χ0v) is 11.6. The highest BCUT2D eigenvalue weighted by Gasteiger charge is 2.43. The highest BCUT2D eigenvalue weighted by molar-refractivity contribution is 5.82. The van der Waals surface area contributed by atoms with Crippen LogP contribution in [-0.4, -0.2) is 37.2 Å². The summed E-state index contributed by atoms with van der Waals surface area (Å²) in [5.41, 5.74) is 7.22. The lowest BCUT2D eigenvalue weighted by molar-refractivity contribution is -0.186. The van der Waals surface area contributed by atoms with E-state index < -0.39 is 12.1 Å². The van der Waals surface area contributed by atoms with Gasteiger partial charge in [0.2, 0.25) is 0 Å². The first-order chi connectivity index (χ1) is 9.84. The molecule has 0 spiro atoms. The van der Waals surface area contributed by atoms with E-state index >= 15 is 0 Å². The smallest absolute Gasteiger partial charge is 0.471 e. The van der Waals surface area contributed by atoms with Crippen LogP contribution in [0.15, 0.2) is 18.2 Å². The monoisotopic (exact) mass is 302 g/mol. The minimum atomic E-state index is -4.80. The second kappa shape index (κ2) is 5.83. The van der Waals surface area contributed by atoms with E-state index in [1.54, 1.807) is 12.1 Å². The number of nitrogens with zero attached hydrogens (tertiary/aromatic N) is 1. The van der Waals surface area contributed by atoms with Crippen LogP contribution >= 0.6 is 0 Å². The lowest BCUT2D eigenvalue weighted by atomic mass is 9.88. The van der Waals surface area contributed by atoms with Gasteiger partial charge in [0, 0.05) is 13.1 Å². The molecular weight excluding hydrogens is 285 g/mol. The van der Waals surface area contributed by atoms with E-state index in [2.05, 4.69) is 0 Å². The number of nitrogen functional groups attached to an aromatic ring is 1. The number of hydrogen-bond donors (Lipinski definition) is 1. The quantitative estimate of drug-likeness (QED) is 0.854. The van der Waals surface area contributed by atoms with Crippen molar-refractivity contribution in [1.82, 2.24) is 4.90 Å². The summed E-state index contributed by atoms with van der Waals surface area (Å²) < 4.78 is 42.5. The summed E-state index contributed by atoms with van der Waals surface area (Å²) in [6, 6.07) is 5.37. The van der Waals surface area contributed by atoms with Crippen LogP contribution < -0.4 is 10.5 Å². The van der Waals surface area contributed by atoms with Crippen molar-refractivity contribution in [2.24, 2.45) is 0 Å². The summed E-state index contributed by atoms with van der Waals surface area (Å²) in [5, 5.41) is 0. The Labute approximate surface area is 120 Å². The minimum Gasteiger partial charge on any atom is -0.494 e. The molecule has 116 valence electrons. The summed E-state index contributed by atoms with van der Waals surface area (Å²) in [6.07, 6.45) is -3.88. The minimum absolute atomic E-state index is 0.0423. The number of hydrogen-bond acceptors (Lipinski definition) is 3. The first-order valence-electron chi connectivity index (χ1n) is 6.63. The number of benzene rings is 1. The van der Waals surface area contributed by atoms with Crippen LogP contribution in [0.3, 0.4) is 0 Å². The molecule has 0 aromatic heterocycles. The van der Waals surface area contributed by atoms with E-state index in [1.807, 2.05) is 6.07 Å². The van der Waals surface area contributed by atoms with Gasteiger partial charge in [0.15, 0.2) is 0 Å². The highest BCUT2D eigenvalue weighted by atomic mass is 19.4. The predicted molar refractivity (Wildman–Crippen MR) is 72.0 cm³/mol. The maximum atomic E-state index is 12.4. The maximum absolute atomic E-state index is 12.4. The van der Waals surface area contributed by atoms with Crippen molar-refractivity contribution in [1.29, 1.82) is 0 Å².